The first kappa shape index (κ1) is 13.8. The Morgan fingerprint density at radius 1 is 1.53 bits per heavy atom. The minimum atomic E-state index is 0.204. The molecule has 1 aliphatic rings. The van der Waals surface area contributed by atoms with Crippen molar-refractivity contribution >= 4 is 55.8 Å². The lowest BCUT2D eigenvalue weighted by Gasteiger charge is -2.28. The highest BCUT2D eigenvalue weighted by Crippen LogP contribution is 2.23. The van der Waals surface area contributed by atoms with Crippen molar-refractivity contribution in [3.8, 4) is 0 Å². The number of hydrogen-bond donors (Lipinski definition) is 0. The second-order valence-electron chi connectivity index (χ2n) is 4.30. The standard InChI is InChI=1S/C12H15BrINOS/c13-7-10-4-2-1-3-5-15(10)12(16)9-6-11(14)17-8-9/h6,8,10H,1-5,7H2. The minimum Gasteiger partial charge on any atom is -0.335 e. The van der Waals surface area contributed by atoms with Crippen LogP contribution in [0.3, 0.4) is 0 Å². The van der Waals surface area contributed by atoms with Gasteiger partial charge in [-0.3, -0.25) is 4.79 Å². The fraction of sp³-hybridized carbons (Fsp3) is 0.583. The van der Waals surface area contributed by atoms with Gasteiger partial charge < -0.3 is 4.90 Å². The van der Waals surface area contributed by atoms with Gasteiger partial charge in [-0.15, -0.1) is 11.3 Å². The van der Waals surface area contributed by atoms with Crippen LogP contribution in [0.4, 0.5) is 0 Å². The van der Waals surface area contributed by atoms with Gasteiger partial charge in [0.05, 0.1) is 8.45 Å². The average molecular weight is 428 g/mol. The van der Waals surface area contributed by atoms with E-state index in [0.717, 1.165) is 30.3 Å². The normalized spacial score (nSPS) is 21.3. The smallest absolute Gasteiger partial charge is 0.255 e. The maximum Gasteiger partial charge on any atom is 0.255 e. The number of carbonyl (C=O) groups excluding carboxylic acids is 1. The lowest BCUT2D eigenvalue weighted by molar-refractivity contribution is 0.0703. The zero-order valence-corrected chi connectivity index (χ0v) is 14.1. The number of hydrogen-bond acceptors (Lipinski definition) is 2. The monoisotopic (exact) mass is 427 g/mol. The van der Waals surface area contributed by atoms with Gasteiger partial charge in [-0.1, -0.05) is 28.8 Å². The van der Waals surface area contributed by atoms with E-state index in [1.807, 2.05) is 11.4 Å². The molecule has 0 aliphatic carbocycles. The molecule has 1 fully saturated rings. The zero-order valence-electron chi connectivity index (χ0n) is 9.49. The number of likely N-dealkylation sites (tertiary alicyclic amines) is 1. The predicted molar refractivity (Wildman–Crippen MR) is 84.1 cm³/mol. The number of alkyl halides is 1. The van der Waals surface area contributed by atoms with Crippen LogP contribution in [0.5, 0.6) is 0 Å². The summed E-state index contributed by atoms with van der Waals surface area (Å²) in [6.45, 7) is 0.904. The maximum atomic E-state index is 12.4. The van der Waals surface area contributed by atoms with Crippen molar-refractivity contribution in [2.75, 3.05) is 11.9 Å². The molecule has 2 nitrogen and oxygen atoms in total. The third-order valence-electron chi connectivity index (χ3n) is 3.13. The third-order valence-corrected chi connectivity index (χ3v) is 5.67. The van der Waals surface area contributed by atoms with Crippen molar-refractivity contribution in [1.82, 2.24) is 4.90 Å². The van der Waals surface area contributed by atoms with E-state index >= 15 is 0 Å². The van der Waals surface area contributed by atoms with E-state index in [1.165, 1.54) is 15.7 Å². The highest BCUT2D eigenvalue weighted by Gasteiger charge is 2.25. The van der Waals surface area contributed by atoms with Gasteiger partial charge in [0.15, 0.2) is 0 Å². The summed E-state index contributed by atoms with van der Waals surface area (Å²) in [7, 11) is 0. The molecule has 1 aliphatic heterocycles. The molecular formula is C12H15BrINOS. The Morgan fingerprint density at radius 2 is 2.35 bits per heavy atom. The Kier molecular flexibility index (Phi) is 5.29. The SMILES string of the molecule is O=C(c1csc(I)c1)N1CCCCCC1CBr. The Hall–Kier alpha value is 0.380. The Bertz CT molecular complexity index is 396. The van der Waals surface area contributed by atoms with Crippen molar-refractivity contribution in [3.63, 3.8) is 0 Å². The largest absolute Gasteiger partial charge is 0.335 e. The van der Waals surface area contributed by atoms with Crippen molar-refractivity contribution < 1.29 is 4.79 Å². The summed E-state index contributed by atoms with van der Waals surface area (Å²) >= 11 is 7.44. The Balaban J connectivity index is 2.15. The van der Waals surface area contributed by atoms with Crippen molar-refractivity contribution in [1.29, 1.82) is 0 Å². The molecular weight excluding hydrogens is 413 g/mol. The first-order valence-corrected chi connectivity index (χ1v) is 8.91. The summed E-state index contributed by atoms with van der Waals surface area (Å²) in [6.07, 6.45) is 4.74. The fourth-order valence-electron chi connectivity index (χ4n) is 2.19. The second kappa shape index (κ2) is 6.52. The molecule has 1 aromatic rings. The van der Waals surface area contributed by atoms with Crippen LogP contribution in [0.25, 0.3) is 0 Å². The quantitative estimate of drug-likeness (QED) is 0.513. The molecule has 5 heteroatoms. The van der Waals surface area contributed by atoms with Crippen LogP contribution < -0.4 is 0 Å². The van der Waals surface area contributed by atoms with Gasteiger partial charge in [-0.25, -0.2) is 0 Å². The van der Waals surface area contributed by atoms with E-state index in [0.29, 0.717) is 6.04 Å². The summed E-state index contributed by atoms with van der Waals surface area (Å²) in [5.74, 6) is 0.204. The third kappa shape index (κ3) is 3.44. The highest BCUT2D eigenvalue weighted by atomic mass is 127. The zero-order chi connectivity index (χ0) is 12.3. The molecule has 17 heavy (non-hydrogen) atoms. The number of carbonyl (C=O) groups is 1. The van der Waals surface area contributed by atoms with Crippen LogP contribution in [-0.2, 0) is 0 Å². The molecule has 1 amide bonds. The Labute approximate surface area is 128 Å². The van der Waals surface area contributed by atoms with E-state index in [9.17, 15) is 4.79 Å². The summed E-state index contributed by atoms with van der Waals surface area (Å²) in [5, 5.41) is 2.86. The molecule has 2 heterocycles. The molecule has 1 unspecified atom stereocenters. The lowest BCUT2D eigenvalue weighted by atomic mass is 10.1. The maximum absolute atomic E-state index is 12.4. The molecule has 0 saturated carbocycles. The van der Waals surface area contributed by atoms with Gasteiger partial charge >= 0.3 is 0 Å². The number of halogens is 2. The van der Waals surface area contributed by atoms with Crippen molar-refractivity contribution in [3.05, 3.63) is 19.9 Å². The fourth-order valence-corrected chi connectivity index (χ4v) is 4.19. The molecule has 0 spiro atoms. The number of amides is 1. The van der Waals surface area contributed by atoms with Gasteiger partial charge in [-0.2, -0.15) is 0 Å². The summed E-state index contributed by atoms with van der Waals surface area (Å²) in [4.78, 5) is 14.5. The minimum absolute atomic E-state index is 0.204. The summed E-state index contributed by atoms with van der Waals surface area (Å²) in [6, 6.07) is 2.35. The van der Waals surface area contributed by atoms with Crippen molar-refractivity contribution in [2.24, 2.45) is 0 Å². The summed E-state index contributed by atoms with van der Waals surface area (Å²) < 4.78 is 1.18. The molecule has 0 N–H and O–H groups in total. The van der Waals surface area contributed by atoms with Crippen LogP contribution in [-0.4, -0.2) is 28.7 Å². The number of rotatable bonds is 2. The molecule has 94 valence electrons. The molecule has 0 aromatic carbocycles. The molecule has 1 atom stereocenters. The first-order chi connectivity index (χ1) is 8.22. The highest BCUT2D eigenvalue weighted by molar-refractivity contribution is 14.1. The van der Waals surface area contributed by atoms with Gasteiger partial charge in [0.2, 0.25) is 0 Å². The predicted octanol–water partition coefficient (Wildman–Crippen LogP) is 4.13. The van der Waals surface area contributed by atoms with Crippen LogP contribution in [0.15, 0.2) is 11.4 Å². The number of nitrogens with zero attached hydrogens (tertiary/aromatic N) is 1. The topological polar surface area (TPSA) is 20.3 Å². The Morgan fingerprint density at radius 3 is 3.00 bits per heavy atom. The first-order valence-electron chi connectivity index (χ1n) is 5.83. The average Bonchev–Trinajstić information content (AvgIpc) is 2.64. The molecule has 1 saturated heterocycles. The van der Waals surface area contributed by atoms with Gasteiger partial charge in [-0.05, 0) is 41.5 Å². The van der Waals surface area contributed by atoms with Crippen molar-refractivity contribution in [2.45, 2.75) is 31.7 Å². The van der Waals surface area contributed by atoms with Gasteiger partial charge in [0.25, 0.3) is 5.91 Å². The van der Waals surface area contributed by atoms with Crippen LogP contribution in [0.2, 0.25) is 0 Å². The molecule has 2 rings (SSSR count). The molecule has 1 aromatic heterocycles. The lowest BCUT2D eigenvalue weighted by Crippen LogP contribution is -2.40. The van der Waals surface area contributed by atoms with Crippen LogP contribution >= 0.6 is 49.9 Å². The van der Waals surface area contributed by atoms with Gasteiger partial charge in [0.1, 0.15) is 0 Å². The van der Waals surface area contributed by atoms with E-state index in [2.05, 4.69) is 43.4 Å². The van der Waals surface area contributed by atoms with Crippen LogP contribution in [0.1, 0.15) is 36.0 Å². The molecule has 0 bridgehead atoms. The van der Waals surface area contributed by atoms with E-state index in [4.69, 9.17) is 0 Å². The van der Waals surface area contributed by atoms with Gasteiger partial charge in [0, 0.05) is 23.3 Å². The molecule has 0 radical (unpaired) electrons. The van der Waals surface area contributed by atoms with E-state index < -0.39 is 0 Å². The van der Waals surface area contributed by atoms with Crippen LogP contribution in [0, 0.1) is 2.88 Å². The van der Waals surface area contributed by atoms with E-state index in [1.54, 1.807) is 11.3 Å². The van der Waals surface area contributed by atoms with E-state index in [-0.39, 0.29) is 5.91 Å². The summed E-state index contributed by atoms with van der Waals surface area (Å²) in [5.41, 5.74) is 0.854. The second-order valence-corrected chi connectivity index (χ2v) is 7.75. The number of thiophene rings is 1.